The highest BCUT2D eigenvalue weighted by Crippen LogP contribution is 2.10. The topological polar surface area (TPSA) is 97.5 Å². The van der Waals surface area contributed by atoms with Gasteiger partial charge in [-0.15, -0.1) is 0 Å². The molecule has 0 fully saturated rings. The van der Waals surface area contributed by atoms with Gasteiger partial charge in [0.25, 0.3) is 10.3 Å². The Morgan fingerprint density at radius 2 is 1.88 bits per heavy atom. The Morgan fingerprint density at radius 3 is 2.40 bits per heavy atom. The molecule has 0 spiro atoms. The van der Waals surface area contributed by atoms with Crippen molar-refractivity contribution in [2.45, 2.75) is 0 Å². The van der Waals surface area contributed by atoms with Crippen molar-refractivity contribution in [1.29, 1.82) is 0 Å². The van der Waals surface area contributed by atoms with E-state index in [-0.39, 0.29) is 17.6 Å². The Hall–Kier alpha value is -2.36. The summed E-state index contributed by atoms with van der Waals surface area (Å²) in [5.74, 6) is -0.250. The lowest BCUT2D eigenvalue weighted by Crippen LogP contribution is -2.19. The number of hydrogen-bond acceptors (Lipinski definition) is 5. The van der Waals surface area contributed by atoms with Crippen molar-refractivity contribution in [3.8, 4) is 0 Å². The number of Topliss-reactive ketones (excluding diaryl/α,β-unsaturated/α-hetero) is 1. The number of nitrogens with two attached hydrogens (primary N) is 1. The summed E-state index contributed by atoms with van der Waals surface area (Å²) < 4.78 is 17.9. The van der Waals surface area contributed by atoms with Crippen LogP contribution in [0.1, 0.15) is 10.4 Å². The molecule has 0 aliphatic carbocycles. The number of halogens is 2. The van der Waals surface area contributed by atoms with E-state index in [4.69, 9.17) is 33.7 Å². The van der Waals surface area contributed by atoms with Crippen molar-refractivity contribution in [2.75, 3.05) is 11.9 Å². The van der Waals surface area contributed by atoms with Gasteiger partial charge in [-0.2, -0.15) is 0 Å². The molecular weight excluding hydrogens is 389 g/mol. The number of carbonyl (C=O) groups excluding carboxylic acids is 1. The van der Waals surface area contributed by atoms with Gasteiger partial charge in [0, 0.05) is 11.8 Å². The molecule has 10 heteroatoms. The fourth-order valence-electron chi connectivity index (χ4n) is 1.44. The molecule has 0 saturated carbocycles. The predicted molar refractivity (Wildman–Crippen MR) is 102 cm³/mol. The Labute approximate surface area is 158 Å². The van der Waals surface area contributed by atoms with Gasteiger partial charge >= 0.3 is 0 Å². The minimum atomic E-state index is -0.500. The SMILES string of the molecule is NC(O)=S.O=C(COC(=S)Nc1ccc(Cl)cn1)c1ccc(F)cc1. The lowest BCUT2D eigenvalue weighted by molar-refractivity contribution is 0.0916. The van der Waals surface area contributed by atoms with Gasteiger partial charge in [0.1, 0.15) is 11.6 Å². The molecule has 0 bridgehead atoms. The molecule has 0 atom stereocenters. The van der Waals surface area contributed by atoms with Crippen LogP contribution in [0.15, 0.2) is 42.6 Å². The molecule has 1 aromatic carbocycles. The number of hydrogen-bond donors (Lipinski definition) is 3. The van der Waals surface area contributed by atoms with Crippen molar-refractivity contribution >= 4 is 58.0 Å². The summed E-state index contributed by atoms with van der Waals surface area (Å²) in [5.41, 5.74) is 4.75. The zero-order valence-electron chi connectivity index (χ0n) is 12.6. The molecule has 4 N–H and O–H groups in total. The smallest absolute Gasteiger partial charge is 0.262 e. The molecule has 1 aromatic heterocycles. The van der Waals surface area contributed by atoms with E-state index >= 15 is 0 Å². The van der Waals surface area contributed by atoms with Gasteiger partial charge in [0.2, 0.25) is 0 Å². The van der Waals surface area contributed by atoms with Crippen LogP contribution in [0.2, 0.25) is 5.02 Å². The van der Waals surface area contributed by atoms with E-state index < -0.39 is 11.0 Å². The summed E-state index contributed by atoms with van der Waals surface area (Å²) in [6.07, 6.45) is 1.45. The first-order chi connectivity index (χ1) is 11.8. The van der Waals surface area contributed by atoms with Gasteiger partial charge in [-0.05, 0) is 60.8 Å². The second kappa shape index (κ2) is 10.5. The molecule has 6 nitrogen and oxygen atoms in total. The van der Waals surface area contributed by atoms with E-state index in [1.807, 2.05) is 0 Å². The summed E-state index contributed by atoms with van der Waals surface area (Å²) in [5, 5.41) is 10.3. The zero-order chi connectivity index (χ0) is 18.8. The largest absolute Gasteiger partial charge is 0.487 e. The summed E-state index contributed by atoms with van der Waals surface area (Å²) >= 11 is 14.5. The van der Waals surface area contributed by atoms with Gasteiger partial charge in [0.05, 0.1) is 5.02 Å². The zero-order valence-corrected chi connectivity index (χ0v) is 15.0. The number of ketones is 1. The highest BCUT2D eigenvalue weighted by molar-refractivity contribution is 7.80. The number of nitrogens with zero attached hydrogens (tertiary/aromatic N) is 1. The number of ether oxygens (including phenoxy) is 1. The van der Waals surface area contributed by atoms with Crippen LogP contribution in [0.25, 0.3) is 0 Å². The summed E-state index contributed by atoms with van der Waals surface area (Å²) in [6, 6.07) is 8.46. The fraction of sp³-hybridized carbons (Fsp3) is 0.0667. The Kier molecular flexibility index (Phi) is 8.68. The first kappa shape index (κ1) is 20.7. The molecular formula is C15H13ClFN3O3S2. The van der Waals surface area contributed by atoms with Crippen molar-refractivity contribution < 1.29 is 19.0 Å². The Bertz CT molecular complexity index is 739. The van der Waals surface area contributed by atoms with Crippen molar-refractivity contribution in [3.63, 3.8) is 0 Å². The third-order valence-corrected chi connectivity index (χ3v) is 2.90. The van der Waals surface area contributed by atoms with E-state index in [1.165, 1.54) is 30.5 Å². The molecule has 1 heterocycles. The normalized spacial score (nSPS) is 9.36. The number of anilines is 1. The third-order valence-electron chi connectivity index (χ3n) is 2.46. The number of pyridine rings is 1. The molecule has 0 unspecified atom stereocenters. The van der Waals surface area contributed by atoms with Crippen molar-refractivity contribution in [1.82, 2.24) is 4.98 Å². The number of aliphatic hydroxyl groups excluding tert-OH is 1. The molecule has 2 aromatic rings. The van der Waals surface area contributed by atoms with Crippen LogP contribution in [0.4, 0.5) is 10.2 Å². The highest BCUT2D eigenvalue weighted by atomic mass is 35.5. The van der Waals surface area contributed by atoms with Crippen LogP contribution in [-0.2, 0) is 4.74 Å². The van der Waals surface area contributed by atoms with Crippen molar-refractivity contribution in [3.05, 3.63) is 59.0 Å². The molecule has 132 valence electrons. The molecule has 0 saturated heterocycles. The second-order valence-corrected chi connectivity index (χ2v) is 5.56. The van der Waals surface area contributed by atoms with Crippen LogP contribution in [-0.4, -0.2) is 32.8 Å². The number of nitrogens with one attached hydrogen (secondary N) is 1. The highest BCUT2D eigenvalue weighted by Gasteiger charge is 2.08. The van der Waals surface area contributed by atoms with Crippen LogP contribution in [0, 0.1) is 5.82 Å². The fourth-order valence-corrected chi connectivity index (χ4v) is 1.72. The summed E-state index contributed by atoms with van der Waals surface area (Å²) in [7, 11) is 0. The van der Waals surface area contributed by atoms with E-state index in [0.717, 1.165) is 0 Å². The average Bonchev–Trinajstić information content (AvgIpc) is 2.55. The number of benzene rings is 1. The minimum absolute atomic E-state index is 0.0142. The monoisotopic (exact) mass is 401 g/mol. The quantitative estimate of drug-likeness (QED) is 0.530. The maximum Gasteiger partial charge on any atom is 0.262 e. The first-order valence-corrected chi connectivity index (χ1v) is 7.80. The standard InChI is InChI=1S/C14H10ClFN2O2S.CH3NOS/c15-10-3-6-13(17-7-10)18-14(21)20-8-12(19)9-1-4-11(16)5-2-9;2-1(3)4/h1-7H,8H2,(H,17,18,21);(H3,2,3,4). The number of thiocarbonyl (C=S) groups is 2. The van der Waals surface area contributed by atoms with E-state index in [9.17, 15) is 9.18 Å². The lowest BCUT2D eigenvalue weighted by atomic mass is 10.1. The summed E-state index contributed by atoms with van der Waals surface area (Å²) in [4.78, 5) is 15.8. The number of rotatable bonds is 4. The van der Waals surface area contributed by atoms with E-state index in [0.29, 0.717) is 16.4 Å². The van der Waals surface area contributed by atoms with Gasteiger partial charge in [-0.3, -0.25) is 4.79 Å². The van der Waals surface area contributed by atoms with Gasteiger partial charge < -0.3 is 20.9 Å². The molecule has 0 aliphatic rings. The molecule has 0 aliphatic heterocycles. The third kappa shape index (κ3) is 8.89. The maximum atomic E-state index is 12.7. The maximum absolute atomic E-state index is 12.7. The van der Waals surface area contributed by atoms with Crippen molar-refractivity contribution in [2.24, 2.45) is 5.73 Å². The Morgan fingerprint density at radius 1 is 1.28 bits per heavy atom. The van der Waals surface area contributed by atoms with Gasteiger partial charge in [0.15, 0.2) is 12.4 Å². The van der Waals surface area contributed by atoms with Crippen LogP contribution in [0.3, 0.4) is 0 Å². The van der Waals surface area contributed by atoms with Gasteiger partial charge in [-0.25, -0.2) is 9.37 Å². The van der Waals surface area contributed by atoms with Crippen LogP contribution >= 0.6 is 36.0 Å². The van der Waals surface area contributed by atoms with E-state index in [2.05, 4.69) is 28.3 Å². The molecule has 0 amide bonds. The minimum Gasteiger partial charge on any atom is -0.487 e. The number of carbonyl (C=O) groups is 1. The first-order valence-electron chi connectivity index (χ1n) is 6.60. The average molecular weight is 402 g/mol. The second-order valence-electron chi connectivity index (χ2n) is 4.33. The number of aromatic nitrogens is 1. The van der Waals surface area contributed by atoms with E-state index in [1.54, 1.807) is 12.1 Å². The number of aliphatic hydroxyl groups is 1. The molecule has 2 rings (SSSR count). The predicted octanol–water partition coefficient (Wildman–Crippen LogP) is 3.26. The lowest BCUT2D eigenvalue weighted by Gasteiger charge is -2.08. The molecule has 25 heavy (non-hydrogen) atoms. The Balaban J connectivity index is 0.000000705. The van der Waals surface area contributed by atoms with Gasteiger partial charge in [-0.1, -0.05) is 11.6 Å². The molecule has 0 radical (unpaired) electrons. The van der Waals surface area contributed by atoms with Crippen LogP contribution in [0.5, 0.6) is 0 Å². The van der Waals surface area contributed by atoms with Crippen LogP contribution < -0.4 is 11.1 Å². The summed E-state index contributed by atoms with van der Waals surface area (Å²) in [6.45, 7) is -0.245.